The Labute approximate surface area is 74.4 Å². The Kier molecular flexibility index (Phi) is 2.95. The third-order valence-corrected chi connectivity index (χ3v) is 1.49. The lowest BCUT2D eigenvalue weighted by molar-refractivity contribution is -0.117. The summed E-state index contributed by atoms with van der Waals surface area (Å²) in [5.41, 5.74) is 5.03. The van der Waals surface area contributed by atoms with Crippen molar-refractivity contribution >= 4 is 5.91 Å². The summed E-state index contributed by atoms with van der Waals surface area (Å²) < 4.78 is 25.3. The van der Waals surface area contributed by atoms with Gasteiger partial charge in [0.25, 0.3) is 0 Å². The predicted octanol–water partition coefficient (Wildman–Crippen LogP) is 1.39. The zero-order valence-corrected chi connectivity index (χ0v) is 6.76. The number of nitrogens with two attached hydrogens (primary N) is 1. The fourth-order valence-corrected chi connectivity index (χ4v) is 0.878. The quantitative estimate of drug-likeness (QED) is 0.757. The van der Waals surface area contributed by atoms with E-state index in [0.29, 0.717) is 0 Å². The van der Waals surface area contributed by atoms with Crippen molar-refractivity contribution in [1.29, 1.82) is 0 Å². The van der Waals surface area contributed by atoms with Crippen molar-refractivity contribution in [3.05, 3.63) is 41.8 Å². The van der Waals surface area contributed by atoms with Crippen LogP contribution in [0.15, 0.2) is 18.2 Å². The van der Waals surface area contributed by atoms with Crippen LogP contribution in [0, 0.1) is 18.1 Å². The molecule has 0 fully saturated rings. The molecule has 0 bridgehead atoms. The smallest absolute Gasteiger partial charge is 0.218 e. The van der Waals surface area contributed by atoms with Gasteiger partial charge in [-0.25, -0.2) is 8.78 Å². The lowest BCUT2D eigenvalue weighted by Crippen LogP contribution is -2.10. The van der Waals surface area contributed by atoms with Gasteiger partial charge in [0.15, 0.2) is 0 Å². The first-order valence-corrected chi connectivity index (χ1v) is 3.66. The monoisotopic (exact) mass is 184 g/mol. The molecule has 1 aromatic carbocycles. The summed E-state index contributed by atoms with van der Waals surface area (Å²) in [7, 11) is 0. The molecule has 69 valence electrons. The third-order valence-electron chi connectivity index (χ3n) is 1.49. The molecule has 0 aliphatic rings. The number of amides is 1. The van der Waals surface area contributed by atoms with Crippen LogP contribution in [-0.4, -0.2) is 5.91 Å². The van der Waals surface area contributed by atoms with Gasteiger partial charge in [0.05, 0.1) is 0 Å². The zero-order chi connectivity index (χ0) is 9.84. The maximum Gasteiger partial charge on any atom is 0.218 e. The molecule has 0 atom stereocenters. The molecule has 0 unspecified atom stereocenters. The molecule has 0 spiro atoms. The second kappa shape index (κ2) is 3.98. The first-order chi connectivity index (χ1) is 6.09. The standard InChI is InChI=1S/C9H8F2NO/c10-7-3-1-6(8(11)5-7)2-4-9(12)13/h1-3,5H,4H2,(H2,12,13). The Morgan fingerprint density at radius 3 is 2.69 bits per heavy atom. The first kappa shape index (κ1) is 9.64. The highest BCUT2D eigenvalue weighted by Crippen LogP contribution is 2.12. The van der Waals surface area contributed by atoms with Crippen molar-refractivity contribution in [3.63, 3.8) is 0 Å². The highest BCUT2D eigenvalue weighted by Gasteiger charge is 2.04. The fourth-order valence-electron chi connectivity index (χ4n) is 0.878. The van der Waals surface area contributed by atoms with Gasteiger partial charge in [-0.1, -0.05) is 6.07 Å². The number of rotatable bonds is 3. The van der Waals surface area contributed by atoms with Crippen molar-refractivity contribution < 1.29 is 13.6 Å². The summed E-state index contributed by atoms with van der Waals surface area (Å²) in [6.07, 6.45) is 1.26. The van der Waals surface area contributed by atoms with E-state index in [0.717, 1.165) is 12.1 Å². The minimum absolute atomic E-state index is 0.0530. The topological polar surface area (TPSA) is 43.1 Å². The van der Waals surface area contributed by atoms with E-state index in [1.54, 1.807) is 0 Å². The molecule has 0 aromatic heterocycles. The second-order valence-electron chi connectivity index (χ2n) is 2.54. The van der Waals surface area contributed by atoms with Crippen LogP contribution in [0.3, 0.4) is 0 Å². The molecule has 0 aliphatic heterocycles. The normalized spacial score (nSPS) is 10.0. The molecule has 1 rings (SSSR count). The number of halogens is 2. The van der Waals surface area contributed by atoms with Gasteiger partial charge in [-0.05, 0) is 11.6 Å². The zero-order valence-electron chi connectivity index (χ0n) is 6.76. The van der Waals surface area contributed by atoms with Crippen molar-refractivity contribution in [3.8, 4) is 0 Å². The van der Waals surface area contributed by atoms with Crippen molar-refractivity contribution in [1.82, 2.24) is 0 Å². The number of benzene rings is 1. The molecule has 1 amide bonds. The van der Waals surface area contributed by atoms with E-state index in [4.69, 9.17) is 5.73 Å². The summed E-state index contributed by atoms with van der Waals surface area (Å²) in [6, 6.07) is 3.14. The van der Waals surface area contributed by atoms with Crippen LogP contribution in [0.1, 0.15) is 12.0 Å². The fraction of sp³-hybridized carbons (Fsp3) is 0.111. The van der Waals surface area contributed by atoms with E-state index in [1.807, 2.05) is 0 Å². The number of hydrogen-bond donors (Lipinski definition) is 1. The van der Waals surface area contributed by atoms with E-state index in [1.165, 1.54) is 12.5 Å². The summed E-state index contributed by atoms with van der Waals surface area (Å²) in [5, 5.41) is 0. The van der Waals surface area contributed by atoms with Crippen LogP contribution in [0.4, 0.5) is 8.78 Å². The average molecular weight is 184 g/mol. The van der Waals surface area contributed by atoms with Crippen molar-refractivity contribution in [2.24, 2.45) is 5.73 Å². The Hall–Kier alpha value is -1.45. The molecule has 4 heteroatoms. The second-order valence-corrected chi connectivity index (χ2v) is 2.54. The molecule has 2 N–H and O–H groups in total. The lowest BCUT2D eigenvalue weighted by Gasteiger charge is -2.00. The van der Waals surface area contributed by atoms with Crippen LogP contribution in [0.2, 0.25) is 0 Å². The Balaban J connectivity index is 2.72. The maximum atomic E-state index is 12.9. The van der Waals surface area contributed by atoms with E-state index in [-0.39, 0.29) is 12.0 Å². The molecule has 13 heavy (non-hydrogen) atoms. The SMILES string of the molecule is NC(=O)C[CH]c1ccc(F)cc1F. The number of primary amides is 1. The van der Waals surface area contributed by atoms with Gasteiger partial charge in [0.2, 0.25) is 5.91 Å². The van der Waals surface area contributed by atoms with Gasteiger partial charge in [-0.15, -0.1) is 0 Å². The van der Waals surface area contributed by atoms with Gasteiger partial charge >= 0.3 is 0 Å². The summed E-state index contributed by atoms with van der Waals surface area (Å²) in [6.45, 7) is 0. The molecule has 0 saturated heterocycles. The summed E-state index contributed by atoms with van der Waals surface area (Å²) in [4.78, 5) is 10.3. The Bertz CT molecular complexity index is 325. The van der Waals surface area contributed by atoms with Crippen LogP contribution < -0.4 is 5.73 Å². The molecular formula is C9H8F2NO. The summed E-state index contributed by atoms with van der Waals surface area (Å²) in [5.74, 6) is -1.89. The molecule has 0 heterocycles. The van der Waals surface area contributed by atoms with E-state index < -0.39 is 17.5 Å². The van der Waals surface area contributed by atoms with Gasteiger partial charge in [0.1, 0.15) is 11.6 Å². The molecule has 0 saturated carbocycles. The van der Waals surface area contributed by atoms with Crippen LogP contribution >= 0.6 is 0 Å². The molecule has 1 radical (unpaired) electrons. The van der Waals surface area contributed by atoms with Crippen LogP contribution in [0.25, 0.3) is 0 Å². The molecule has 0 aliphatic carbocycles. The van der Waals surface area contributed by atoms with Crippen molar-refractivity contribution in [2.75, 3.05) is 0 Å². The molecule has 1 aromatic rings. The van der Waals surface area contributed by atoms with Gasteiger partial charge in [0, 0.05) is 18.9 Å². The largest absolute Gasteiger partial charge is 0.370 e. The van der Waals surface area contributed by atoms with Crippen molar-refractivity contribution in [2.45, 2.75) is 6.42 Å². The minimum Gasteiger partial charge on any atom is -0.370 e. The molecular weight excluding hydrogens is 176 g/mol. The Morgan fingerprint density at radius 2 is 2.15 bits per heavy atom. The Morgan fingerprint density at radius 1 is 1.46 bits per heavy atom. The van der Waals surface area contributed by atoms with Gasteiger partial charge in [-0.3, -0.25) is 4.79 Å². The van der Waals surface area contributed by atoms with Crippen LogP contribution in [0.5, 0.6) is 0 Å². The van der Waals surface area contributed by atoms with Crippen LogP contribution in [-0.2, 0) is 4.79 Å². The average Bonchev–Trinajstić information content (AvgIpc) is 2.02. The number of carbonyl (C=O) groups is 1. The molecule has 2 nitrogen and oxygen atoms in total. The van der Waals surface area contributed by atoms with E-state index in [2.05, 4.69) is 0 Å². The minimum atomic E-state index is -0.693. The van der Waals surface area contributed by atoms with Gasteiger partial charge < -0.3 is 5.73 Å². The highest BCUT2D eigenvalue weighted by molar-refractivity contribution is 5.75. The first-order valence-electron chi connectivity index (χ1n) is 3.66. The van der Waals surface area contributed by atoms with E-state index in [9.17, 15) is 13.6 Å². The number of carbonyl (C=O) groups excluding carboxylic acids is 1. The number of hydrogen-bond acceptors (Lipinski definition) is 1. The summed E-state index contributed by atoms with van der Waals surface area (Å²) >= 11 is 0. The van der Waals surface area contributed by atoms with E-state index >= 15 is 0 Å². The third kappa shape index (κ3) is 2.82. The predicted molar refractivity (Wildman–Crippen MR) is 43.6 cm³/mol. The van der Waals surface area contributed by atoms with Gasteiger partial charge in [-0.2, -0.15) is 0 Å². The maximum absolute atomic E-state index is 12.9. The lowest BCUT2D eigenvalue weighted by atomic mass is 10.1. The highest BCUT2D eigenvalue weighted by atomic mass is 19.1.